The summed E-state index contributed by atoms with van der Waals surface area (Å²) in [6, 6.07) is 16.0. The first kappa shape index (κ1) is 26.3. The molecule has 10 heteroatoms. The highest BCUT2D eigenvalue weighted by molar-refractivity contribution is 6.00. The van der Waals surface area contributed by atoms with Crippen molar-refractivity contribution in [2.75, 3.05) is 6.54 Å². The van der Waals surface area contributed by atoms with Crippen molar-refractivity contribution in [2.24, 2.45) is 0 Å². The van der Waals surface area contributed by atoms with Gasteiger partial charge in [-0.05, 0) is 49.6 Å². The summed E-state index contributed by atoms with van der Waals surface area (Å²) in [6.45, 7) is 2.23. The third kappa shape index (κ3) is 6.06. The number of hydrogen-bond acceptors (Lipinski definition) is 7. The molecular formula is C29H30N4O6. The smallest absolute Gasteiger partial charge is 0.310 e. The predicted molar refractivity (Wildman–Crippen MR) is 141 cm³/mol. The minimum Gasteiger partial charge on any atom is -0.433 e. The molecule has 1 aromatic heterocycles. The minimum atomic E-state index is -0.914. The van der Waals surface area contributed by atoms with Gasteiger partial charge in [0.1, 0.15) is 18.1 Å². The summed E-state index contributed by atoms with van der Waals surface area (Å²) in [6.07, 6.45) is 1.88. The zero-order valence-corrected chi connectivity index (χ0v) is 21.5. The SMILES string of the molecule is CC(NC(=O)c1ccc2ncccc2c1)C(=O)N1CCCC1C(=O)NC1CC(=O)OC1OCc1ccccc1. The molecule has 3 aromatic rings. The van der Waals surface area contributed by atoms with Gasteiger partial charge in [0.05, 0.1) is 18.5 Å². The Morgan fingerprint density at radius 1 is 1.13 bits per heavy atom. The van der Waals surface area contributed by atoms with Crippen LogP contribution in [0.5, 0.6) is 0 Å². The monoisotopic (exact) mass is 530 g/mol. The van der Waals surface area contributed by atoms with Crippen LogP contribution in [-0.4, -0.2) is 64.5 Å². The molecule has 0 bridgehead atoms. The number of ether oxygens (including phenoxy) is 2. The number of nitrogens with one attached hydrogen (secondary N) is 2. The summed E-state index contributed by atoms with van der Waals surface area (Å²) < 4.78 is 11.0. The highest BCUT2D eigenvalue weighted by atomic mass is 16.7. The molecule has 5 rings (SSSR count). The van der Waals surface area contributed by atoms with Gasteiger partial charge in [0.2, 0.25) is 18.1 Å². The second-order valence-corrected chi connectivity index (χ2v) is 9.77. The molecule has 2 saturated heterocycles. The van der Waals surface area contributed by atoms with Crippen LogP contribution in [0.15, 0.2) is 66.9 Å². The molecule has 0 radical (unpaired) electrons. The van der Waals surface area contributed by atoms with E-state index < -0.39 is 30.4 Å². The number of aromatic nitrogens is 1. The topological polar surface area (TPSA) is 127 Å². The Bertz CT molecular complexity index is 1380. The molecule has 2 aliphatic rings. The zero-order valence-electron chi connectivity index (χ0n) is 21.5. The van der Waals surface area contributed by atoms with E-state index in [-0.39, 0.29) is 30.7 Å². The Morgan fingerprint density at radius 3 is 2.77 bits per heavy atom. The summed E-state index contributed by atoms with van der Waals surface area (Å²) in [5.41, 5.74) is 2.10. The van der Waals surface area contributed by atoms with E-state index in [1.54, 1.807) is 37.4 Å². The molecule has 2 fully saturated rings. The standard InChI is InChI=1S/C29H30N4O6/c1-18(31-26(35)21-11-12-22-20(15-21)9-5-13-30-22)28(37)33-14-6-10-24(33)27(36)32-23-16-25(34)39-29(23)38-17-19-7-3-2-4-8-19/h2-5,7-9,11-13,15,18,23-24,29H,6,10,14,16-17H2,1H3,(H,31,35)(H,32,36). The van der Waals surface area contributed by atoms with Gasteiger partial charge in [-0.3, -0.25) is 24.2 Å². The van der Waals surface area contributed by atoms with Crippen LogP contribution >= 0.6 is 0 Å². The molecule has 0 saturated carbocycles. The van der Waals surface area contributed by atoms with E-state index >= 15 is 0 Å². The van der Waals surface area contributed by atoms with Gasteiger partial charge in [0, 0.05) is 23.7 Å². The Labute approximate surface area is 225 Å². The van der Waals surface area contributed by atoms with Crippen molar-refractivity contribution in [3.05, 3.63) is 78.0 Å². The molecule has 4 atom stereocenters. The number of cyclic esters (lactones) is 1. The van der Waals surface area contributed by atoms with Crippen molar-refractivity contribution in [3.8, 4) is 0 Å². The summed E-state index contributed by atoms with van der Waals surface area (Å²) >= 11 is 0. The van der Waals surface area contributed by atoms with Gasteiger partial charge in [-0.25, -0.2) is 0 Å². The second kappa shape index (κ2) is 11.6. The number of fused-ring (bicyclic) bond motifs is 1. The summed E-state index contributed by atoms with van der Waals surface area (Å²) in [4.78, 5) is 57.0. The van der Waals surface area contributed by atoms with Gasteiger partial charge in [0.25, 0.3) is 5.91 Å². The number of carbonyl (C=O) groups excluding carboxylic acids is 4. The van der Waals surface area contributed by atoms with Crippen LogP contribution in [0, 0.1) is 0 Å². The van der Waals surface area contributed by atoms with E-state index in [1.807, 2.05) is 36.4 Å². The number of carbonyl (C=O) groups is 4. The molecule has 2 N–H and O–H groups in total. The van der Waals surface area contributed by atoms with Crippen LogP contribution in [-0.2, 0) is 30.5 Å². The van der Waals surface area contributed by atoms with Crippen LogP contribution in [0.25, 0.3) is 10.9 Å². The molecule has 4 unspecified atom stereocenters. The third-order valence-corrected chi connectivity index (χ3v) is 6.97. The number of likely N-dealkylation sites (tertiary alicyclic amines) is 1. The van der Waals surface area contributed by atoms with E-state index in [1.165, 1.54) is 4.90 Å². The van der Waals surface area contributed by atoms with Crippen molar-refractivity contribution in [3.63, 3.8) is 0 Å². The molecule has 202 valence electrons. The molecular weight excluding hydrogens is 500 g/mol. The molecule has 2 aliphatic heterocycles. The first-order valence-corrected chi connectivity index (χ1v) is 13.0. The normalized spacial score (nSPS) is 21.4. The maximum Gasteiger partial charge on any atom is 0.310 e. The third-order valence-electron chi connectivity index (χ3n) is 6.97. The molecule has 39 heavy (non-hydrogen) atoms. The maximum absolute atomic E-state index is 13.3. The molecule has 0 spiro atoms. The number of hydrogen-bond donors (Lipinski definition) is 2. The average molecular weight is 531 g/mol. The van der Waals surface area contributed by atoms with Crippen LogP contribution in [0.3, 0.4) is 0 Å². The Kier molecular flexibility index (Phi) is 7.83. The van der Waals surface area contributed by atoms with Crippen LogP contribution in [0.1, 0.15) is 42.1 Å². The Balaban J connectivity index is 1.18. The lowest BCUT2D eigenvalue weighted by molar-refractivity contribution is -0.168. The quantitative estimate of drug-likeness (QED) is 0.428. The highest BCUT2D eigenvalue weighted by Gasteiger charge is 2.41. The number of pyridine rings is 1. The van der Waals surface area contributed by atoms with Gasteiger partial charge < -0.3 is 25.0 Å². The van der Waals surface area contributed by atoms with Gasteiger partial charge in [-0.15, -0.1) is 0 Å². The molecule has 3 heterocycles. The number of amides is 3. The molecule has 3 amide bonds. The van der Waals surface area contributed by atoms with Crippen molar-refractivity contribution in [2.45, 2.75) is 57.2 Å². The van der Waals surface area contributed by atoms with Crippen LogP contribution < -0.4 is 10.6 Å². The van der Waals surface area contributed by atoms with Crippen molar-refractivity contribution < 1.29 is 28.7 Å². The predicted octanol–water partition coefficient (Wildman–Crippen LogP) is 2.32. The second-order valence-electron chi connectivity index (χ2n) is 9.77. The summed E-state index contributed by atoms with van der Waals surface area (Å²) in [5, 5.41) is 6.42. The van der Waals surface area contributed by atoms with Gasteiger partial charge >= 0.3 is 5.97 Å². The number of benzene rings is 2. The van der Waals surface area contributed by atoms with Crippen LogP contribution in [0.4, 0.5) is 0 Å². The summed E-state index contributed by atoms with van der Waals surface area (Å²) in [5.74, 6) is -1.57. The van der Waals surface area contributed by atoms with E-state index in [0.717, 1.165) is 16.5 Å². The van der Waals surface area contributed by atoms with E-state index in [2.05, 4.69) is 15.6 Å². The summed E-state index contributed by atoms with van der Waals surface area (Å²) in [7, 11) is 0. The zero-order chi connectivity index (χ0) is 27.4. The molecule has 0 aliphatic carbocycles. The van der Waals surface area contributed by atoms with Crippen molar-refractivity contribution in [1.29, 1.82) is 0 Å². The van der Waals surface area contributed by atoms with E-state index in [4.69, 9.17) is 9.47 Å². The molecule has 2 aromatic carbocycles. The fourth-order valence-corrected chi connectivity index (χ4v) is 4.95. The van der Waals surface area contributed by atoms with E-state index in [0.29, 0.717) is 24.9 Å². The largest absolute Gasteiger partial charge is 0.433 e. The fourth-order valence-electron chi connectivity index (χ4n) is 4.95. The number of nitrogens with zero attached hydrogens (tertiary/aromatic N) is 2. The fraction of sp³-hybridized carbons (Fsp3) is 0.345. The van der Waals surface area contributed by atoms with Crippen molar-refractivity contribution >= 4 is 34.6 Å². The van der Waals surface area contributed by atoms with Gasteiger partial charge in [-0.1, -0.05) is 36.4 Å². The lowest BCUT2D eigenvalue weighted by atomic mass is 10.1. The number of rotatable bonds is 8. The maximum atomic E-state index is 13.3. The number of esters is 1. The Hall–Kier alpha value is -4.31. The van der Waals surface area contributed by atoms with Crippen molar-refractivity contribution in [1.82, 2.24) is 20.5 Å². The highest BCUT2D eigenvalue weighted by Crippen LogP contribution is 2.22. The van der Waals surface area contributed by atoms with Crippen LogP contribution in [0.2, 0.25) is 0 Å². The first-order chi connectivity index (χ1) is 18.9. The lowest BCUT2D eigenvalue weighted by Gasteiger charge is -2.28. The Morgan fingerprint density at radius 2 is 1.95 bits per heavy atom. The minimum absolute atomic E-state index is 0.0143. The van der Waals surface area contributed by atoms with E-state index in [9.17, 15) is 19.2 Å². The first-order valence-electron chi connectivity index (χ1n) is 13.0. The van der Waals surface area contributed by atoms with Gasteiger partial charge in [0.15, 0.2) is 0 Å². The van der Waals surface area contributed by atoms with Gasteiger partial charge in [-0.2, -0.15) is 0 Å². The average Bonchev–Trinajstić information content (AvgIpc) is 3.58. The molecule has 10 nitrogen and oxygen atoms in total. The lowest BCUT2D eigenvalue weighted by Crippen LogP contribution is -2.54.